The van der Waals surface area contributed by atoms with Crippen molar-refractivity contribution >= 4 is 29.3 Å². The molecule has 0 saturated carbocycles. The topological polar surface area (TPSA) is 58.2 Å². The highest BCUT2D eigenvalue weighted by molar-refractivity contribution is 6.02. The number of benzene rings is 2. The van der Waals surface area contributed by atoms with Crippen molar-refractivity contribution in [3.8, 4) is 0 Å². The molecule has 2 aromatic rings. The van der Waals surface area contributed by atoms with Crippen LogP contribution in [0.15, 0.2) is 54.6 Å². The van der Waals surface area contributed by atoms with Gasteiger partial charge in [-0.25, -0.2) is 4.39 Å². The third kappa shape index (κ3) is 5.35. The standard InChI is InChI=1S/C19H19FN2O2/c1-13(2)19(24)22-17-10-8-16(9-11-17)21-18(23)12-5-14-3-6-15(20)7-4-14/h3-13H,1-2H3,(H,21,23)(H,22,24)/b12-5+. The Hall–Kier alpha value is -2.95. The lowest BCUT2D eigenvalue weighted by Gasteiger charge is -2.08. The van der Waals surface area contributed by atoms with Crippen molar-refractivity contribution in [3.05, 3.63) is 66.0 Å². The average molecular weight is 326 g/mol. The Morgan fingerprint density at radius 1 is 0.917 bits per heavy atom. The Morgan fingerprint density at radius 2 is 1.46 bits per heavy atom. The molecule has 0 fully saturated rings. The van der Waals surface area contributed by atoms with Gasteiger partial charge in [0.15, 0.2) is 0 Å². The molecule has 0 aromatic heterocycles. The molecule has 2 aromatic carbocycles. The van der Waals surface area contributed by atoms with Crippen LogP contribution in [0, 0.1) is 11.7 Å². The molecule has 0 bridgehead atoms. The molecule has 24 heavy (non-hydrogen) atoms. The van der Waals surface area contributed by atoms with Gasteiger partial charge in [-0.1, -0.05) is 26.0 Å². The van der Waals surface area contributed by atoms with Gasteiger partial charge in [0.2, 0.25) is 11.8 Å². The smallest absolute Gasteiger partial charge is 0.248 e. The third-order valence-electron chi connectivity index (χ3n) is 3.24. The van der Waals surface area contributed by atoms with Gasteiger partial charge in [-0.2, -0.15) is 0 Å². The van der Waals surface area contributed by atoms with Gasteiger partial charge < -0.3 is 10.6 Å². The molecule has 2 amide bonds. The first kappa shape index (κ1) is 17.4. The zero-order valence-corrected chi connectivity index (χ0v) is 13.5. The molecule has 0 heterocycles. The fourth-order valence-corrected chi connectivity index (χ4v) is 1.85. The van der Waals surface area contributed by atoms with Crippen LogP contribution in [-0.4, -0.2) is 11.8 Å². The molecule has 0 spiro atoms. The van der Waals surface area contributed by atoms with Crippen molar-refractivity contribution < 1.29 is 14.0 Å². The first-order valence-electron chi connectivity index (χ1n) is 7.59. The normalized spacial score (nSPS) is 10.8. The Kier molecular flexibility index (Phi) is 5.84. The molecule has 0 atom stereocenters. The molecule has 0 unspecified atom stereocenters. The van der Waals surface area contributed by atoms with Crippen molar-refractivity contribution in [3.63, 3.8) is 0 Å². The van der Waals surface area contributed by atoms with E-state index in [1.165, 1.54) is 18.2 Å². The highest BCUT2D eigenvalue weighted by Gasteiger charge is 2.06. The van der Waals surface area contributed by atoms with Gasteiger partial charge in [0.25, 0.3) is 0 Å². The summed E-state index contributed by atoms with van der Waals surface area (Å²) < 4.78 is 12.8. The lowest BCUT2D eigenvalue weighted by Crippen LogP contribution is -2.17. The van der Waals surface area contributed by atoms with E-state index in [0.717, 1.165) is 5.56 Å². The van der Waals surface area contributed by atoms with Crippen LogP contribution in [0.25, 0.3) is 6.08 Å². The van der Waals surface area contributed by atoms with Gasteiger partial charge >= 0.3 is 0 Å². The molecule has 0 aliphatic carbocycles. The molecule has 0 radical (unpaired) electrons. The van der Waals surface area contributed by atoms with Gasteiger partial charge in [-0.15, -0.1) is 0 Å². The number of hydrogen-bond acceptors (Lipinski definition) is 2. The highest BCUT2D eigenvalue weighted by Crippen LogP contribution is 2.14. The van der Waals surface area contributed by atoms with Crippen LogP contribution >= 0.6 is 0 Å². The predicted octanol–water partition coefficient (Wildman–Crippen LogP) is 4.07. The van der Waals surface area contributed by atoms with Crippen molar-refractivity contribution in [1.82, 2.24) is 0 Å². The van der Waals surface area contributed by atoms with E-state index < -0.39 is 0 Å². The summed E-state index contributed by atoms with van der Waals surface area (Å²) in [6.45, 7) is 3.63. The van der Waals surface area contributed by atoms with Crippen molar-refractivity contribution in [2.24, 2.45) is 5.92 Å². The average Bonchev–Trinajstić information content (AvgIpc) is 2.56. The van der Waals surface area contributed by atoms with Crippen LogP contribution in [0.2, 0.25) is 0 Å². The summed E-state index contributed by atoms with van der Waals surface area (Å²) in [5.74, 6) is -0.769. The number of amides is 2. The second kappa shape index (κ2) is 8.06. The van der Waals surface area contributed by atoms with Crippen molar-refractivity contribution in [2.45, 2.75) is 13.8 Å². The number of anilines is 2. The number of hydrogen-bond donors (Lipinski definition) is 2. The van der Waals surface area contributed by atoms with E-state index in [1.807, 2.05) is 13.8 Å². The Labute approximate surface area is 140 Å². The summed E-state index contributed by atoms with van der Waals surface area (Å²) >= 11 is 0. The summed E-state index contributed by atoms with van der Waals surface area (Å²) in [6, 6.07) is 12.7. The quantitative estimate of drug-likeness (QED) is 0.814. The summed E-state index contributed by atoms with van der Waals surface area (Å²) in [5, 5.41) is 5.49. The zero-order chi connectivity index (χ0) is 17.5. The van der Waals surface area contributed by atoms with E-state index in [9.17, 15) is 14.0 Å². The minimum atomic E-state index is -0.318. The van der Waals surface area contributed by atoms with Gasteiger partial charge in [0.1, 0.15) is 5.82 Å². The van der Waals surface area contributed by atoms with Gasteiger partial charge in [-0.05, 0) is 48.0 Å². The van der Waals surface area contributed by atoms with Crippen LogP contribution in [0.5, 0.6) is 0 Å². The Bertz CT molecular complexity index is 735. The van der Waals surface area contributed by atoms with E-state index in [2.05, 4.69) is 10.6 Å². The van der Waals surface area contributed by atoms with E-state index >= 15 is 0 Å². The molecule has 2 N–H and O–H groups in total. The fourth-order valence-electron chi connectivity index (χ4n) is 1.85. The second-order valence-electron chi connectivity index (χ2n) is 5.60. The summed E-state index contributed by atoms with van der Waals surface area (Å²) in [6.07, 6.45) is 2.98. The lowest BCUT2D eigenvalue weighted by molar-refractivity contribution is -0.119. The zero-order valence-electron chi connectivity index (χ0n) is 13.5. The minimum absolute atomic E-state index is 0.0611. The monoisotopic (exact) mass is 326 g/mol. The van der Waals surface area contributed by atoms with Crippen LogP contribution in [0.3, 0.4) is 0 Å². The SMILES string of the molecule is CC(C)C(=O)Nc1ccc(NC(=O)/C=C/c2ccc(F)cc2)cc1. The van der Waals surface area contributed by atoms with E-state index in [0.29, 0.717) is 11.4 Å². The maximum Gasteiger partial charge on any atom is 0.248 e. The third-order valence-corrected chi connectivity index (χ3v) is 3.24. The Balaban J connectivity index is 1.92. The lowest BCUT2D eigenvalue weighted by atomic mass is 10.2. The second-order valence-corrected chi connectivity index (χ2v) is 5.60. The number of carbonyl (C=O) groups excluding carboxylic acids is 2. The summed E-state index contributed by atoms with van der Waals surface area (Å²) in [5.41, 5.74) is 2.03. The van der Waals surface area contributed by atoms with E-state index in [-0.39, 0.29) is 23.5 Å². The molecule has 0 saturated heterocycles. The fraction of sp³-hybridized carbons (Fsp3) is 0.158. The van der Waals surface area contributed by atoms with Crippen molar-refractivity contribution in [2.75, 3.05) is 10.6 Å². The molecular formula is C19H19FN2O2. The predicted molar refractivity (Wildman–Crippen MR) is 94.0 cm³/mol. The van der Waals surface area contributed by atoms with Gasteiger partial charge in [-0.3, -0.25) is 9.59 Å². The van der Waals surface area contributed by atoms with Gasteiger partial charge in [0, 0.05) is 23.4 Å². The molecule has 2 rings (SSSR count). The highest BCUT2D eigenvalue weighted by atomic mass is 19.1. The Morgan fingerprint density at radius 3 is 2.00 bits per heavy atom. The maximum absolute atomic E-state index is 12.8. The number of nitrogens with one attached hydrogen (secondary N) is 2. The largest absolute Gasteiger partial charge is 0.326 e. The molecule has 0 aliphatic rings. The van der Waals surface area contributed by atoms with Crippen LogP contribution in [0.4, 0.5) is 15.8 Å². The first-order chi connectivity index (χ1) is 11.4. The van der Waals surface area contributed by atoms with Crippen LogP contribution in [-0.2, 0) is 9.59 Å². The minimum Gasteiger partial charge on any atom is -0.326 e. The van der Waals surface area contributed by atoms with Gasteiger partial charge in [0.05, 0.1) is 0 Å². The number of carbonyl (C=O) groups is 2. The maximum atomic E-state index is 12.8. The van der Waals surface area contributed by atoms with E-state index in [1.54, 1.807) is 42.5 Å². The first-order valence-corrected chi connectivity index (χ1v) is 7.59. The molecule has 124 valence electrons. The van der Waals surface area contributed by atoms with Crippen molar-refractivity contribution in [1.29, 1.82) is 0 Å². The number of rotatable bonds is 5. The molecular weight excluding hydrogens is 307 g/mol. The number of halogens is 1. The molecule has 4 nitrogen and oxygen atoms in total. The molecule has 5 heteroatoms. The van der Waals surface area contributed by atoms with E-state index in [4.69, 9.17) is 0 Å². The van der Waals surface area contributed by atoms with Crippen LogP contribution < -0.4 is 10.6 Å². The van der Waals surface area contributed by atoms with Crippen LogP contribution in [0.1, 0.15) is 19.4 Å². The summed E-state index contributed by atoms with van der Waals surface area (Å²) in [4.78, 5) is 23.5. The molecule has 0 aliphatic heterocycles. The summed E-state index contributed by atoms with van der Waals surface area (Å²) in [7, 11) is 0.